The summed E-state index contributed by atoms with van der Waals surface area (Å²) in [5.74, 6) is -0.356. The molecule has 2 N–H and O–H groups in total. The molecule has 4 aliphatic rings. The number of aliphatic hydroxyl groups is 2. The first-order valence-corrected chi connectivity index (χ1v) is 12.9. The topological polar surface area (TPSA) is 115 Å². The highest BCUT2D eigenvalue weighted by molar-refractivity contribution is 5.83. The lowest BCUT2D eigenvalue weighted by molar-refractivity contribution is -0.178. The van der Waals surface area contributed by atoms with Gasteiger partial charge in [0.25, 0.3) is 0 Å². The number of hydrogen-bond donors (Lipinski definition) is 2. The summed E-state index contributed by atoms with van der Waals surface area (Å²) in [5.41, 5.74) is 0.461. The Morgan fingerprint density at radius 3 is 2.63 bits per heavy atom. The van der Waals surface area contributed by atoms with Crippen molar-refractivity contribution in [1.29, 1.82) is 0 Å². The number of nitrogens with zero attached hydrogens (tertiary/aromatic N) is 1. The second-order valence-electron chi connectivity index (χ2n) is 10.6. The number of ether oxygens (including phenoxy) is 4. The first-order chi connectivity index (χ1) is 18.2. The van der Waals surface area contributed by atoms with Crippen molar-refractivity contribution in [1.82, 2.24) is 4.90 Å². The molecule has 38 heavy (non-hydrogen) atoms. The van der Waals surface area contributed by atoms with Gasteiger partial charge in [0.05, 0.1) is 18.1 Å². The van der Waals surface area contributed by atoms with E-state index in [1.165, 1.54) is 6.92 Å². The summed E-state index contributed by atoms with van der Waals surface area (Å²) in [5, 5.41) is 22.0. The van der Waals surface area contributed by atoms with Crippen molar-refractivity contribution in [3.8, 4) is 11.5 Å². The van der Waals surface area contributed by atoms with Gasteiger partial charge < -0.3 is 34.1 Å². The van der Waals surface area contributed by atoms with Crippen LogP contribution in [-0.4, -0.2) is 71.6 Å². The van der Waals surface area contributed by atoms with E-state index in [9.17, 15) is 19.8 Å². The molecule has 0 amide bonds. The molecule has 1 unspecified atom stereocenters. The van der Waals surface area contributed by atoms with Crippen molar-refractivity contribution in [2.75, 3.05) is 20.7 Å². The van der Waals surface area contributed by atoms with E-state index < -0.39 is 41.3 Å². The van der Waals surface area contributed by atoms with Gasteiger partial charge in [-0.25, -0.2) is 9.59 Å². The minimum atomic E-state index is -1.41. The van der Waals surface area contributed by atoms with Crippen LogP contribution in [0, 0.1) is 0 Å². The van der Waals surface area contributed by atoms with Crippen LogP contribution in [0.4, 0.5) is 0 Å². The van der Waals surface area contributed by atoms with E-state index in [0.717, 1.165) is 17.7 Å². The van der Waals surface area contributed by atoms with Gasteiger partial charge in [-0.05, 0) is 51.1 Å². The van der Waals surface area contributed by atoms with Crippen LogP contribution in [0.25, 0.3) is 0 Å². The molecule has 9 heteroatoms. The van der Waals surface area contributed by atoms with Crippen LogP contribution in [0.2, 0.25) is 0 Å². The van der Waals surface area contributed by atoms with E-state index in [4.69, 9.17) is 18.9 Å². The zero-order chi connectivity index (χ0) is 26.8. The molecule has 1 spiro atoms. The van der Waals surface area contributed by atoms with Crippen LogP contribution in [0.5, 0.6) is 11.5 Å². The van der Waals surface area contributed by atoms with Gasteiger partial charge in [-0.1, -0.05) is 36.4 Å². The van der Waals surface area contributed by atoms with Crippen molar-refractivity contribution < 1.29 is 38.7 Å². The van der Waals surface area contributed by atoms with Crippen LogP contribution < -0.4 is 9.47 Å². The minimum absolute atomic E-state index is 0.133. The smallest absolute Gasteiger partial charge is 0.357 e. The Labute approximate surface area is 220 Å². The molecule has 2 bridgehead atoms. The fourth-order valence-corrected chi connectivity index (χ4v) is 6.85. The third kappa shape index (κ3) is 3.35. The average molecular weight is 522 g/mol. The number of piperidine rings is 1. The van der Waals surface area contributed by atoms with Crippen LogP contribution in [0.3, 0.4) is 0 Å². The van der Waals surface area contributed by atoms with Crippen molar-refractivity contribution in [3.05, 3.63) is 71.0 Å². The lowest BCUT2D eigenvalue weighted by Crippen LogP contribution is -2.74. The van der Waals surface area contributed by atoms with E-state index in [2.05, 4.69) is 4.90 Å². The average Bonchev–Trinajstić information content (AvgIpc) is 3.27. The molecule has 0 saturated carbocycles. The molecule has 1 fully saturated rings. The van der Waals surface area contributed by atoms with E-state index >= 15 is 0 Å². The zero-order valence-corrected chi connectivity index (χ0v) is 21.5. The Morgan fingerprint density at radius 2 is 1.92 bits per heavy atom. The fourth-order valence-electron chi connectivity index (χ4n) is 6.85. The van der Waals surface area contributed by atoms with Crippen LogP contribution in [-0.2, 0) is 30.9 Å². The van der Waals surface area contributed by atoms with Gasteiger partial charge in [-0.3, -0.25) is 0 Å². The standard InChI is InChI=1S/C29H31NO8/c1-16(31)26(32)38-23(17-7-5-4-6-8-17)27(33)36-20-11-12-29(34)21-15-18-9-10-19(35-3)24-22(18)28(29,25(20)37-24)13-14-30(21)2/h4-11,16,21,23,25,31,34H,12-15H2,1-3H3/t16?,21-,23+,25+,28+,29-/m1/s1. The third-order valence-electron chi connectivity index (χ3n) is 8.67. The second kappa shape index (κ2) is 8.83. The van der Waals surface area contributed by atoms with E-state index in [-0.39, 0.29) is 18.2 Å². The molecule has 2 aliphatic heterocycles. The Hall–Kier alpha value is -3.40. The van der Waals surface area contributed by atoms with Gasteiger partial charge >= 0.3 is 11.9 Å². The summed E-state index contributed by atoms with van der Waals surface area (Å²) in [6.45, 7) is 2.01. The molecule has 0 radical (unpaired) electrons. The molecule has 6 rings (SSSR count). The lowest BCUT2D eigenvalue weighted by Gasteiger charge is -2.61. The number of carbonyl (C=O) groups is 2. The van der Waals surface area contributed by atoms with E-state index in [1.54, 1.807) is 43.5 Å². The molecule has 2 aromatic carbocycles. The molecular weight excluding hydrogens is 490 g/mol. The van der Waals surface area contributed by atoms with Crippen molar-refractivity contribution >= 4 is 11.9 Å². The number of likely N-dealkylation sites (tertiary alicyclic amines) is 1. The summed E-state index contributed by atoms with van der Waals surface area (Å²) in [6.07, 6.45) is -0.306. The highest BCUT2D eigenvalue weighted by Gasteiger charge is 2.72. The predicted molar refractivity (Wildman–Crippen MR) is 135 cm³/mol. The van der Waals surface area contributed by atoms with Gasteiger partial charge in [0.2, 0.25) is 6.10 Å². The first-order valence-electron chi connectivity index (χ1n) is 12.9. The highest BCUT2D eigenvalue weighted by atomic mass is 16.6. The normalized spacial score (nSPS) is 30.3. The number of aliphatic hydroxyl groups excluding tert-OH is 1. The van der Waals surface area contributed by atoms with Gasteiger partial charge in [-0.2, -0.15) is 0 Å². The van der Waals surface area contributed by atoms with E-state index in [1.807, 2.05) is 19.2 Å². The SMILES string of the molecule is COc1ccc2c3c1O[C@H]1C(OC(=O)[C@@H](OC(=O)C(C)O)c4ccccc4)=CC[C@@]4(O)[C@@H](C2)N(C)CC[C@]314. The molecule has 200 valence electrons. The number of hydrogen-bond acceptors (Lipinski definition) is 9. The second-order valence-corrected chi connectivity index (χ2v) is 10.6. The van der Waals surface area contributed by atoms with Crippen molar-refractivity contribution in [2.45, 2.75) is 61.6 Å². The zero-order valence-electron chi connectivity index (χ0n) is 21.5. The van der Waals surface area contributed by atoms with Gasteiger partial charge in [0.1, 0.15) is 11.9 Å². The molecule has 2 aromatic rings. The first kappa shape index (κ1) is 24.9. The van der Waals surface area contributed by atoms with Crippen LogP contribution >= 0.6 is 0 Å². The minimum Gasteiger partial charge on any atom is -0.493 e. The van der Waals surface area contributed by atoms with Crippen LogP contribution in [0.15, 0.2) is 54.3 Å². The molecule has 2 aliphatic carbocycles. The maximum Gasteiger partial charge on any atom is 0.357 e. The van der Waals surface area contributed by atoms with E-state index in [0.29, 0.717) is 29.9 Å². The summed E-state index contributed by atoms with van der Waals surface area (Å²) >= 11 is 0. The Balaban J connectivity index is 1.40. The molecular formula is C29H31NO8. The molecule has 2 heterocycles. The summed E-state index contributed by atoms with van der Waals surface area (Å²) in [4.78, 5) is 28.0. The Morgan fingerprint density at radius 1 is 1.16 bits per heavy atom. The summed E-state index contributed by atoms with van der Waals surface area (Å²) in [6, 6.07) is 12.3. The lowest BCUT2D eigenvalue weighted by atomic mass is 9.50. The fraction of sp³-hybridized carbons (Fsp3) is 0.448. The largest absolute Gasteiger partial charge is 0.493 e. The maximum atomic E-state index is 13.5. The Bertz CT molecular complexity index is 1320. The monoisotopic (exact) mass is 521 g/mol. The van der Waals surface area contributed by atoms with Crippen molar-refractivity contribution in [3.63, 3.8) is 0 Å². The number of methoxy groups -OCH3 is 1. The number of carbonyl (C=O) groups excluding carboxylic acids is 2. The molecule has 6 atom stereocenters. The number of rotatable bonds is 6. The molecule has 0 aromatic heterocycles. The molecule has 9 nitrogen and oxygen atoms in total. The van der Waals surface area contributed by atoms with Gasteiger partial charge in [-0.15, -0.1) is 0 Å². The van der Waals surface area contributed by atoms with Crippen molar-refractivity contribution in [2.24, 2.45) is 0 Å². The third-order valence-corrected chi connectivity index (χ3v) is 8.67. The van der Waals surface area contributed by atoms with Crippen LogP contribution in [0.1, 0.15) is 42.6 Å². The number of esters is 2. The van der Waals surface area contributed by atoms with Gasteiger partial charge in [0, 0.05) is 23.6 Å². The number of likely N-dealkylation sites (N-methyl/N-ethyl adjacent to an activating group) is 1. The maximum absolute atomic E-state index is 13.5. The van der Waals surface area contributed by atoms with Gasteiger partial charge in [0.15, 0.2) is 17.6 Å². The number of benzene rings is 2. The molecule has 1 saturated heterocycles. The Kier molecular flexibility index (Phi) is 5.79. The highest BCUT2D eigenvalue weighted by Crippen LogP contribution is 2.65. The summed E-state index contributed by atoms with van der Waals surface area (Å²) < 4.78 is 23.5. The predicted octanol–water partition coefficient (Wildman–Crippen LogP) is 2.18. The quantitative estimate of drug-likeness (QED) is 0.552. The summed E-state index contributed by atoms with van der Waals surface area (Å²) in [7, 11) is 3.60.